The summed E-state index contributed by atoms with van der Waals surface area (Å²) in [4.78, 5) is 35.9. The highest BCUT2D eigenvalue weighted by atomic mass is 32.1. The number of thiophene rings is 1. The summed E-state index contributed by atoms with van der Waals surface area (Å²) in [5, 5.41) is 6.45. The Kier molecular flexibility index (Phi) is 4.24. The molecule has 2 aromatic rings. The highest BCUT2D eigenvalue weighted by Gasteiger charge is 2.32. The third kappa shape index (κ3) is 3.04. The first-order valence-corrected chi connectivity index (χ1v) is 9.14. The van der Waals surface area contributed by atoms with Crippen molar-refractivity contribution in [2.45, 2.75) is 0 Å². The van der Waals surface area contributed by atoms with E-state index in [9.17, 15) is 9.59 Å². The molecule has 2 aliphatic rings. The summed E-state index contributed by atoms with van der Waals surface area (Å²) in [6.07, 6.45) is 1.64. The third-order valence-corrected chi connectivity index (χ3v) is 5.31. The summed E-state index contributed by atoms with van der Waals surface area (Å²) in [7, 11) is 2.09. The fraction of sp³-hybridized carbons (Fsp3) is 0.353. The van der Waals surface area contributed by atoms with E-state index in [2.05, 4.69) is 27.1 Å². The molecule has 2 aliphatic heterocycles. The van der Waals surface area contributed by atoms with Crippen molar-refractivity contribution in [3.8, 4) is 0 Å². The van der Waals surface area contributed by atoms with Crippen molar-refractivity contribution in [2.75, 3.05) is 50.0 Å². The second-order valence-corrected chi connectivity index (χ2v) is 7.05. The zero-order chi connectivity index (χ0) is 17.4. The predicted octanol–water partition coefficient (Wildman–Crippen LogP) is 1.62. The van der Waals surface area contributed by atoms with Gasteiger partial charge in [-0.3, -0.25) is 19.4 Å². The van der Waals surface area contributed by atoms with Crippen molar-refractivity contribution in [1.29, 1.82) is 0 Å². The van der Waals surface area contributed by atoms with Crippen LogP contribution in [0.1, 0.15) is 10.4 Å². The average Bonchev–Trinajstić information content (AvgIpc) is 3.04. The van der Waals surface area contributed by atoms with E-state index >= 15 is 0 Å². The first kappa shape index (κ1) is 16.2. The number of likely N-dealkylation sites (N-methyl/N-ethyl adjacent to an activating group) is 1. The number of nitrogens with zero attached hydrogens (tertiary/aromatic N) is 4. The largest absolute Gasteiger partial charge is 0.319 e. The number of hydrogen-bond donors (Lipinski definition) is 1. The number of carbonyl (C=O) groups excluding carboxylic acids is 2. The SMILES string of the molecule is CN1CCN(CC(=O)N2c3cscc3C(=O)Nc3cccnc32)CC1. The normalized spacial score (nSPS) is 18.3. The van der Waals surface area contributed by atoms with Crippen LogP contribution in [-0.2, 0) is 4.79 Å². The second kappa shape index (κ2) is 6.55. The van der Waals surface area contributed by atoms with Gasteiger partial charge in [-0.1, -0.05) is 0 Å². The maximum absolute atomic E-state index is 13.1. The molecule has 0 bridgehead atoms. The van der Waals surface area contributed by atoms with Gasteiger partial charge >= 0.3 is 0 Å². The second-order valence-electron chi connectivity index (χ2n) is 6.31. The number of pyridine rings is 1. The van der Waals surface area contributed by atoms with Gasteiger partial charge in [0.25, 0.3) is 5.91 Å². The van der Waals surface area contributed by atoms with Crippen molar-refractivity contribution in [1.82, 2.24) is 14.8 Å². The van der Waals surface area contributed by atoms with E-state index in [0.717, 1.165) is 26.2 Å². The van der Waals surface area contributed by atoms with Gasteiger partial charge in [-0.2, -0.15) is 0 Å². The van der Waals surface area contributed by atoms with Gasteiger partial charge in [-0.25, -0.2) is 4.98 Å². The first-order valence-electron chi connectivity index (χ1n) is 8.20. The van der Waals surface area contributed by atoms with Gasteiger partial charge in [0.05, 0.1) is 23.5 Å². The van der Waals surface area contributed by atoms with Gasteiger partial charge in [0, 0.05) is 43.1 Å². The predicted molar refractivity (Wildman–Crippen MR) is 97.6 cm³/mol. The fourth-order valence-corrected chi connectivity index (χ4v) is 3.92. The molecule has 0 aliphatic carbocycles. The highest BCUT2D eigenvalue weighted by Crippen LogP contribution is 2.38. The van der Waals surface area contributed by atoms with Crippen LogP contribution in [0.2, 0.25) is 0 Å². The van der Waals surface area contributed by atoms with Gasteiger partial charge in [-0.15, -0.1) is 11.3 Å². The summed E-state index contributed by atoms with van der Waals surface area (Å²) in [5.41, 5.74) is 1.68. The number of amides is 2. The van der Waals surface area contributed by atoms with Crippen LogP contribution in [-0.4, -0.2) is 66.4 Å². The van der Waals surface area contributed by atoms with Gasteiger partial charge in [0.1, 0.15) is 0 Å². The highest BCUT2D eigenvalue weighted by molar-refractivity contribution is 7.08. The standard InChI is InChI=1S/C17H19N5O2S/c1-20-5-7-21(8-6-20)9-15(23)22-14-11-25-10-12(14)17(24)19-13-3-2-4-18-16(13)22/h2-4,10-11H,5-9H2,1H3,(H,19,24). The molecule has 4 heterocycles. The van der Waals surface area contributed by atoms with E-state index in [0.29, 0.717) is 29.3 Å². The summed E-state index contributed by atoms with van der Waals surface area (Å²) in [6.45, 7) is 3.93. The number of carbonyl (C=O) groups is 2. The average molecular weight is 357 g/mol. The molecular weight excluding hydrogens is 338 g/mol. The van der Waals surface area contributed by atoms with Crippen molar-refractivity contribution in [3.05, 3.63) is 34.7 Å². The smallest absolute Gasteiger partial charge is 0.258 e. The fourth-order valence-electron chi connectivity index (χ4n) is 3.13. The molecule has 8 heteroatoms. The number of hydrogen-bond acceptors (Lipinski definition) is 6. The number of aromatic nitrogens is 1. The van der Waals surface area contributed by atoms with E-state index in [-0.39, 0.29) is 11.8 Å². The number of nitrogens with one attached hydrogen (secondary N) is 1. The van der Waals surface area contributed by atoms with Crippen LogP contribution >= 0.6 is 11.3 Å². The number of rotatable bonds is 2. The van der Waals surface area contributed by atoms with Crippen LogP contribution in [0.15, 0.2) is 29.1 Å². The Labute approximate surface area is 149 Å². The van der Waals surface area contributed by atoms with Crippen molar-refractivity contribution >= 4 is 40.3 Å². The van der Waals surface area contributed by atoms with Gasteiger partial charge < -0.3 is 10.2 Å². The molecule has 0 spiro atoms. The Morgan fingerprint density at radius 2 is 2.08 bits per heavy atom. The zero-order valence-electron chi connectivity index (χ0n) is 13.9. The summed E-state index contributed by atoms with van der Waals surface area (Å²) in [6, 6.07) is 3.52. The number of piperazine rings is 1. The van der Waals surface area contributed by atoms with Gasteiger partial charge in [-0.05, 0) is 19.2 Å². The Bertz CT molecular complexity index is 813. The molecule has 7 nitrogen and oxygen atoms in total. The zero-order valence-corrected chi connectivity index (χ0v) is 14.8. The van der Waals surface area contributed by atoms with Gasteiger partial charge in [0.2, 0.25) is 5.91 Å². The van der Waals surface area contributed by atoms with E-state index in [1.807, 2.05) is 5.38 Å². The minimum atomic E-state index is -0.208. The van der Waals surface area contributed by atoms with Crippen LogP contribution in [0.3, 0.4) is 0 Å². The summed E-state index contributed by atoms with van der Waals surface area (Å²) in [5.74, 6) is 0.202. The maximum Gasteiger partial charge on any atom is 0.258 e. The third-order valence-electron chi connectivity index (χ3n) is 4.58. The number of fused-ring (bicyclic) bond motifs is 2. The van der Waals surface area contributed by atoms with Crippen LogP contribution in [0.5, 0.6) is 0 Å². The van der Waals surface area contributed by atoms with Crippen molar-refractivity contribution in [2.24, 2.45) is 0 Å². The molecule has 0 radical (unpaired) electrons. The Balaban J connectivity index is 1.67. The van der Waals surface area contributed by atoms with Gasteiger partial charge in [0.15, 0.2) is 5.82 Å². The van der Waals surface area contributed by atoms with Crippen LogP contribution in [0, 0.1) is 0 Å². The van der Waals surface area contributed by atoms with Crippen LogP contribution < -0.4 is 10.2 Å². The van der Waals surface area contributed by atoms with Crippen molar-refractivity contribution in [3.63, 3.8) is 0 Å². The molecule has 0 atom stereocenters. The molecule has 25 heavy (non-hydrogen) atoms. The van der Waals surface area contributed by atoms with E-state index in [1.165, 1.54) is 11.3 Å². The Morgan fingerprint density at radius 3 is 2.88 bits per heavy atom. The van der Waals surface area contributed by atoms with E-state index in [4.69, 9.17) is 0 Å². The minimum absolute atomic E-state index is 0.0688. The Morgan fingerprint density at radius 1 is 1.28 bits per heavy atom. The lowest BCUT2D eigenvalue weighted by molar-refractivity contribution is -0.119. The topological polar surface area (TPSA) is 68.8 Å². The molecule has 1 N–H and O–H groups in total. The van der Waals surface area contributed by atoms with E-state index in [1.54, 1.807) is 28.6 Å². The Hall–Kier alpha value is -2.29. The summed E-state index contributed by atoms with van der Waals surface area (Å²) < 4.78 is 0. The molecule has 1 saturated heterocycles. The maximum atomic E-state index is 13.1. The number of anilines is 3. The molecule has 130 valence electrons. The molecule has 0 saturated carbocycles. The lowest BCUT2D eigenvalue weighted by Crippen LogP contribution is -2.48. The molecule has 2 aromatic heterocycles. The first-order chi connectivity index (χ1) is 12.1. The molecule has 0 aromatic carbocycles. The lowest BCUT2D eigenvalue weighted by Gasteiger charge is -2.33. The van der Waals surface area contributed by atoms with E-state index < -0.39 is 0 Å². The monoisotopic (exact) mass is 357 g/mol. The molecule has 0 unspecified atom stereocenters. The van der Waals surface area contributed by atoms with Crippen LogP contribution in [0.4, 0.5) is 17.2 Å². The molecule has 1 fully saturated rings. The molecule has 2 amide bonds. The van der Waals surface area contributed by atoms with Crippen molar-refractivity contribution < 1.29 is 9.59 Å². The summed E-state index contributed by atoms with van der Waals surface area (Å²) >= 11 is 1.41. The molecular formula is C17H19N5O2S. The lowest BCUT2D eigenvalue weighted by atomic mass is 10.2. The quantitative estimate of drug-likeness (QED) is 0.885. The van der Waals surface area contributed by atoms with Crippen LogP contribution in [0.25, 0.3) is 0 Å². The molecule has 4 rings (SSSR count). The minimum Gasteiger partial charge on any atom is -0.319 e.